The molecule has 0 aliphatic heterocycles. The Morgan fingerprint density at radius 3 is 2.38 bits per heavy atom. The fourth-order valence-electron chi connectivity index (χ4n) is 1.97. The number of nitrogens with zero attached hydrogens (tertiary/aromatic N) is 1. The summed E-state index contributed by atoms with van der Waals surface area (Å²) in [4.78, 5) is 45.5. The number of amides is 2. The summed E-state index contributed by atoms with van der Waals surface area (Å²) in [5.41, 5.74) is 4.74. The Labute approximate surface area is 148 Å². The maximum Gasteiger partial charge on any atom is 0.338 e. The van der Waals surface area contributed by atoms with E-state index < -0.39 is 29.3 Å². The highest BCUT2D eigenvalue weighted by Gasteiger charge is 2.17. The summed E-state index contributed by atoms with van der Waals surface area (Å²) in [6.07, 6.45) is 0. The van der Waals surface area contributed by atoms with Crippen molar-refractivity contribution in [1.29, 1.82) is 0 Å². The van der Waals surface area contributed by atoms with Gasteiger partial charge in [0.25, 0.3) is 17.5 Å². The van der Waals surface area contributed by atoms with Gasteiger partial charge in [0.15, 0.2) is 6.61 Å². The summed E-state index contributed by atoms with van der Waals surface area (Å²) in [5, 5.41) is 10.9. The van der Waals surface area contributed by atoms with Crippen molar-refractivity contribution in [1.82, 2.24) is 10.9 Å². The van der Waals surface area contributed by atoms with Crippen molar-refractivity contribution >= 4 is 23.5 Å². The number of nitro benzene ring substituents is 1. The molecule has 2 N–H and O–H groups in total. The van der Waals surface area contributed by atoms with Crippen LogP contribution in [-0.4, -0.2) is 29.3 Å². The van der Waals surface area contributed by atoms with Crippen molar-refractivity contribution in [2.45, 2.75) is 6.92 Å². The van der Waals surface area contributed by atoms with Crippen LogP contribution in [-0.2, 0) is 9.53 Å². The van der Waals surface area contributed by atoms with E-state index in [1.54, 1.807) is 30.3 Å². The van der Waals surface area contributed by atoms with Gasteiger partial charge in [-0.1, -0.05) is 24.3 Å². The lowest BCUT2D eigenvalue weighted by atomic mass is 10.1. The molecule has 2 aromatic rings. The van der Waals surface area contributed by atoms with E-state index in [1.165, 1.54) is 19.1 Å². The van der Waals surface area contributed by atoms with E-state index in [4.69, 9.17) is 4.74 Å². The van der Waals surface area contributed by atoms with Crippen LogP contribution in [0.4, 0.5) is 5.69 Å². The summed E-state index contributed by atoms with van der Waals surface area (Å²) in [6.45, 7) is 0.881. The average Bonchev–Trinajstić information content (AvgIpc) is 2.64. The highest BCUT2D eigenvalue weighted by Crippen LogP contribution is 2.19. The van der Waals surface area contributed by atoms with Gasteiger partial charge >= 0.3 is 5.97 Å². The predicted molar refractivity (Wildman–Crippen MR) is 90.2 cm³/mol. The van der Waals surface area contributed by atoms with Crippen LogP contribution in [0.2, 0.25) is 0 Å². The van der Waals surface area contributed by atoms with Gasteiger partial charge in [0.05, 0.1) is 10.5 Å². The van der Waals surface area contributed by atoms with Crippen LogP contribution in [0.3, 0.4) is 0 Å². The molecule has 0 atom stereocenters. The number of benzene rings is 2. The van der Waals surface area contributed by atoms with Crippen molar-refractivity contribution in [2.24, 2.45) is 0 Å². The van der Waals surface area contributed by atoms with Crippen molar-refractivity contribution in [3.05, 3.63) is 75.3 Å². The quantitative estimate of drug-likeness (QED) is 0.474. The first kappa shape index (κ1) is 18.6. The van der Waals surface area contributed by atoms with Gasteiger partial charge < -0.3 is 4.74 Å². The molecule has 26 heavy (non-hydrogen) atoms. The van der Waals surface area contributed by atoms with E-state index >= 15 is 0 Å². The standard InChI is InChI=1S/C17H15N3O6/c1-11-7-8-13(9-14(11)20(24)25)17(23)26-10-15(21)18-19-16(22)12-5-3-2-4-6-12/h2-9H,10H2,1H3,(H,18,21)(H,19,22). The van der Waals surface area contributed by atoms with Gasteiger partial charge in [-0.05, 0) is 25.1 Å². The minimum absolute atomic E-state index is 0.0524. The van der Waals surface area contributed by atoms with Gasteiger partial charge in [0.2, 0.25) is 0 Å². The monoisotopic (exact) mass is 357 g/mol. The lowest BCUT2D eigenvalue weighted by Crippen LogP contribution is -2.43. The highest BCUT2D eigenvalue weighted by atomic mass is 16.6. The molecule has 0 aliphatic rings. The third-order valence-electron chi connectivity index (χ3n) is 3.33. The van der Waals surface area contributed by atoms with Crippen molar-refractivity contribution in [3.63, 3.8) is 0 Å². The number of nitro groups is 1. The Morgan fingerprint density at radius 1 is 1.04 bits per heavy atom. The summed E-state index contributed by atoms with van der Waals surface area (Å²) in [7, 11) is 0. The third-order valence-corrected chi connectivity index (χ3v) is 3.33. The number of hydrogen-bond donors (Lipinski definition) is 2. The second-order valence-electron chi connectivity index (χ2n) is 5.20. The molecule has 0 heterocycles. The molecule has 2 rings (SSSR count). The number of carbonyl (C=O) groups excluding carboxylic acids is 3. The first-order chi connectivity index (χ1) is 12.4. The molecule has 0 spiro atoms. The fourth-order valence-corrected chi connectivity index (χ4v) is 1.97. The molecular weight excluding hydrogens is 342 g/mol. The maximum absolute atomic E-state index is 11.9. The van der Waals surface area contributed by atoms with Crippen LogP contribution in [0.1, 0.15) is 26.3 Å². The van der Waals surface area contributed by atoms with Crippen molar-refractivity contribution in [2.75, 3.05) is 6.61 Å². The largest absolute Gasteiger partial charge is 0.452 e. The molecule has 0 radical (unpaired) electrons. The molecule has 0 saturated carbocycles. The number of nitrogens with one attached hydrogen (secondary N) is 2. The van der Waals surface area contributed by atoms with Gasteiger partial charge in [-0.25, -0.2) is 4.79 Å². The number of esters is 1. The number of rotatable bonds is 5. The number of hydrogen-bond acceptors (Lipinski definition) is 6. The number of ether oxygens (including phenoxy) is 1. The molecule has 2 aromatic carbocycles. The molecule has 0 fully saturated rings. The Hall–Kier alpha value is -3.75. The van der Waals surface area contributed by atoms with Gasteiger partial charge in [-0.2, -0.15) is 0 Å². The summed E-state index contributed by atoms with van der Waals surface area (Å²) in [5.74, 6) is -2.18. The van der Waals surface area contributed by atoms with Gasteiger partial charge in [0.1, 0.15) is 0 Å². The summed E-state index contributed by atoms with van der Waals surface area (Å²) in [6, 6.07) is 12.0. The normalized spacial score (nSPS) is 9.88. The molecule has 0 bridgehead atoms. The highest BCUT2D eigenvalue weighted by molar-refractivity contribution is 5.96. The number of aryl methyl sites for hydroxylation is 1. The van der Waals surface area contributed by atoms with Crippen LogP contribution < -0.4 is 10.9 Å². The smallest absolute Gasteiger partial charge is 0.338 e. The van der Waals surface area contributed by atoms with Crippen LogP contribution >= 0.6 is 0 Å². The molecular formula is C17H15N3O6. The predicted octanol–water partition coefficient (Wildman–Crippen LogP) is 1.52. The van der Waals surface area contributed by atoms with E-state index in [2.05, 4.69) is 10.9 Å². The first-order valence-corrected chi connectivity index (χ1v) is 7.45. The molecule has 0 saturated heterocycles. The zero-order chi connectivity index (χ0) is 19.1. The lowest BCUT2D eigenvalue weighted by molar-refractivity contribution is -0.385. The second-order valence-corrected chi connectivity index (χ2v) is 5.20. The topological polar surface area (TPSA) is 128 Å². The molecule has 9 nitrogen and oxygen atoms in total. The van der Waals surface area contributed by atoms with Crippen molar-refractivity contribution in [3.8, 4) is 0 Å². The number of hydrazine groups is 1. The Kier molecular flexibility index (Phi) is 5.99. The molecule has 9 heteroatoms. The SMILES string of the molecule is Cc1ccc(C(=O)OCC(=O)NNC(=O)c2ccccc2)cc1[N+](=O)[O-]. The molecule has 134 valence electrons. The Balaban J connectivity index is 1.85. The van der Waals surface area contributed by atoms with Gasteiger partial charge in [-0.3, -0.25) is 30.6 Å². The Morgan fingerprint density at radius 2 is 1.73 bits per heavy atom. The molecule has 0 aromatic heterocycles. The minimum Gasteiger partial charge on any atom is -0.452 e. The number of carbonyl (C=O) groups is 3. The second kappa shape index (κ2) is 8.38. The average molecular weight is 357 g/mol. The fraction of sp³-hybridized carbons (Fsp3) is 0.118. The van der Waals surface area contributed by atoms with E-state index in [0.29, 0.717) is 11.1 Å². The first-order valence-electron chi connectivity index (χ1n) is 7.45. The van der Waals surface area contributed by atoms with Crippen LogP contribution in [0, 0.1) is 17.0 Å². The molecule has 0 unspecified atom stereocenters. The zero-order valence-corrected chi connectivity index (χ0v) is 13.7. The molecule has 0 aliphatic carbocycles. The summed E-state index contributed by atoms with van der Waals surface area (Å²) < 4.78 is 4.78. The third kappa shape index (κ3) is 4.87. The molecule has 2 amide bonds. The van der Waals surface area contributed by atoms with Gasteiger partial charge in [0, 0.05) is 17.2 Å². The van der Waals surface area contributed by atoms with Crippen LogP contribution in [0.5, 0.6) is 0 Å². The van der Waals surface area contributed by atoms with Crippen molar-refractivity contribution < 1.29 is 24.0 Å². The Bertz CT molecular complexity index is 851. The van der Waals surface area contributed by atoms with Gasteiger partial charge in [-0.15, -0.1) is 0 Å². The maximum atomic E-state index is 11.9. The van der Waals surface area contributed by atoms with E-state index in [9.17, 15) is 24.5 Å². The van der Waals surface area contributed by atoms with Crippen LogP contribution in [0.15, 0.2) is 48.5 Å². The van der Waals surface area contributed by atoms with Crippen LogP contribution in [0.25, 0.3) is 0 Å². The van der Waals surface area contributed by atoms with E-state index in [0.717, 1.165) is 6.07 Å². The summed E-state index contributed by atoms with van der Waals surface area (Å²) >= 11 is 0. The lowest BCUT2D eigenvalue weighted by Gasteiger charge is -2.08. The minimum atomic E-state index is -0.891. The van der Waals surface area contributed by atoms with E-state index in [1.807, 2.05) is 0 Å². The van der Waals surface area contributed by atoms with E-state index in [-0.39, 0.29) is 11.3 Å². The zero-order valence-electron chi connectivity index (χ0n) is 13.7.